The molecule has 0 spiro atoms. The van der Waals surface area contributed by atoms with Gasteiger partial charge in [0.25, 0.3) is 0 Å². The van der Waals surface area contributed by atoms with E-state index in [1.165, 1.54) is 4.90 Å². The van der Waals surface area contributed by atoms with Crippen LogP contribution in [0.15, 0.2) is 18.2 Å². The van der Waals surface area contributed by atoms with Gasteiger partial charge in [0.1, 0.15) is 6.73 Å². The highest BCUT2D eigenvalue weighted by molar-refractivity contribution is 5.83. The SMILES string of the molecule is COCCCOc1cc(C[C@@H](C[C@H]2[C@H](C[C@H](C(=O)NCC(C)(C)C(N)=O)C(C)C)OCN2C(=O)O)C(C)C)ccc1OC. The Kier molecular flexibility index (Phi) is 14.0. The number of benzene rings is 1. The van der Waals surface area contributed by atoms with E-state index in [0.717, 1.165) is 12.0 Å². The van der Waals surface area contributed by atoms with E-state index in [9.17, 15) is 19.5 Å². The van der Waals surface area contributed by atoms with Gasteiger partial charge in [-0.05, 0) is 68.6 Å². The summed E-state index contributed by atoms with van der Waals surface area (Å²) in [4.78, 5) is 38.6. The van der Waals surface area contributed by atoms with E-state index in [1.54, 1.807) is 28.1 Å². The molecule has 1 aromatic carbocycles. The molecule has 1 heterocycles. The minimum Gasteiger partial charge on any atom is -0.493 e. The summed E-state index contributed by atoms with van der Waals surface area (Å²) in [5.74, 6) is 0.561. The average molecular weight is 608 g/mol. The van der Waals surface area contributed by atoms with Crippen LogP contribution in [0.5, 0.6) is 11.5 Å². The lowest BCUT2D eigenvalue weighted by molar-refractivity contribution is -0.130. The van der Waals surface area contributed by atoms with Gasteiger partial charge in [0, 0.05) is 32.6 Å². The van der Waals surface area contributed by atoms with Crippen molar-refractivity contribution < 1.29 is 38.4 Å². The molecule has 1 saturated heterocycles. The first kappa shape index (κ1) is 36.1. The Balaban J connectivity index is 2.23. The lowest BCUT2D eigenvalue weighted by atomic mass is 9.80. The number of nitrogens with zero attached hydrogens (tertiary/aromatic N) is 1. The Morgan fingerprint density at radius 1 is 1.09 bits per heavy atom. The van der Waals surface area contributed by atoms with E-state index in [2.05, 4.69) is 19.2 Å². The fourth-order valence-electron chi connectivity index (χ4n) is 5.29. The quantitative estimate of drug-likeness (QED) is 0.209. The number of carbonyl (C=O) groups excluding carboxylic acids is 2. The first-order valence-corrected chi connectivity index (χ1v) is 15.2. The third-order valence-electron chi connectivity index (χ3n) is 8.47. The van der Waals surface area contributed by atoms with E-state index in [4.69, 9.17) is 24.7 Å². The normalized spacial score (nSPS) is 18.5. The molecule has 1 aliphatic heterocycles. The third-order valence-corrected chi connectivity index (χ3v) is 8.47. The summed E-state index contributed by atoms with van der Waals surface area (Å²) in [6.07, 6.45) is 0.914. The smallest absolute Gasteiger partial charge is 0.409 e. The van der Waals surface area contributed by atoms with Crippen LogP contribution in [0.25, 0.3) is 0 Å². The summed E-state index contributed by atoms with van der Waals surface area (Å²) in [5, 5.41) is 12.9. The maximum absolute atomic E-state index is 13.3. The van der Waals surface area contributed by atoms with Gasteiger partial charge in [-0.1, -0.05) is 33.8 Å². The number of ether oxygens (including phenoxy) is 4. The molecule has 0 radical (unpaired) electrons. The Labute approximate surface area is 256 Å². The van der Waals surface area contributed by atoms with Crippen LogP contribution >= 0.6 is 0 Å². The molecule has 244 valence electrons. The molecule has 2 rings (SSSR count). The highest BCUT2D eigenvalue weighted by Gasteiger charge is 2.42. The number of primary amides is 1. The highest BCUT2D eigenvalue weighted by atomic mass is 16.5. The van der Waals surface area contributed by atoms with E-state index >= 15 is 0 Å². The van der Waals surface area contributed by atoms with E-state index in [1.807, 2.05) is 32.0 Å². The largest absolute Gasteiger partial charge is 0.493 e. The van der Waals surface area contributed by atoms with Crippen molar-refractivity contribution in [1.82, 2.24) is 10.2 Å². The fraction of sp³-hybridized carbons (Fsp3) is 0.719. The lowest BCUT2D eigenvalue weighted by Gasteiger charge is -2.32. The number of amides is 3. The number of hydrogen-bond acceptors (Lipinski definition) is 7. The van der Waals surface area contributed by atoms with Crippen LogP contribution < -0.4 is 20.5 Å². The van der Waals surface area contributed by atoms with Crippen molar-refractivity contribution in [3.63, 3.8) is 0 Å². The number of nitrogens with one attached hydrogen (secondary N) is 1. The van der Waals surface area contributed by atoms with Crippen LogP contribution in [0.2, 0.25) is 0 Å². The molecule has 0 unspecified atom stereocenters. The van der Waals surface area contributed by atoms with Crippen LogP contribution in [-0.2, 0) is 25.5 Å². The second-order valence-corrected chi connectivity index (χ2v) is 12.8. The molecule has 0 aliphatic carbocycles. The molecule has 1 fully saturated rings. The first-order chi connectivity index (χ1) is 20.2. The molecular formula is C32H53N3O8. The van der Waals surface area contributed by atoms with Gasteiger partial charge in [-0.15, -0.1) is 0 Å². The van der Waals surface area contributed by atoms with Crippen molar-refractivity contribution in [2.45, 2.75) is 79.4 Å². The van der Waals surface area contributed by atoms with Gasteiger partial charge in [-0.3, -0.25) is 14.5 Å². The number of carboxylic acid groups (broad SMARTS) is 1. The Bertz CT molecular complexity index is 1060. The van der Waals surface area contributed by atoms with E-state index < -0.39 is 35.5 Å². The van der Waals surface area contributed by atoms with Crippen molar-refractivity contribution in [2.24, 2.45) is 34.8 Å². The van der Waals surface area contributed by atoms with Gasteiger partial charge in [0.2, 0.25) is 11.8 Å². The highest BCUT2D eigenvalue weighted by Crippen LogP contribution is 2.35. The minimum absolute atomic E-state index is 0.0256. The van der Waals surface area contributed by atoms with Gasteiger partial charge in [-0.2, -0.15) is 0 Å². The molecule has 3 amide bonds. The number of hydrogen-bond donors (Lipinski definition) is 3. The molecule has 4 N–H and O–H groups in total. The molecule has 0 bridgehead atoms. The van der Waals surface area contributed by atoms with Gasteiger partial charge >= 0.3 is 6.09 Å². The summed E-state index contributed by atoms with van der Waals surface area (Å²) in [6.45, 7) is 12.7. The fourth-order valence-corrected chi connectivity index (χ4v) is 5.29. The Morgan fingerprint density at radius 2 is 1.79 bits per heavy atom. The van der Waals surface area contributed by atoms with E-state index in [-0.39, 0.29) is 36.9 Å². The monoisotopic (exact) mass is 607 g/mol. The number of nitrogens with two attached hydrogens (primary N) is 1. The standard InChI is InChI=1S/C32H53N3O8/c1-20(2)23(14-22-10-11-26(41-8)28(15-22)42-13-9-12-40-7)16-25-27(43-19-35(25)31(38)39)17-24(21(3)4)29(36)34-18-32(5,6)30(33)37/h10-11,15,20-21,23-25,27H,9,12-14,16-19H2,1-8H3,(H2,33,37)(H,34,36)(H,38,39)/t23-,24-,25-,27-/m0/s1. The summed E-state index contributed by atoms with van der Waals surface area (Å²) < 4.78 is 22.6. The molecule has 0 saturated carbocycles. The Morgan fingerprint density at radius 3 is 2.35 bits per heavy atom. The topological polar surface area (TPSA) is 150 Å². The molecular weight excluding hydrogens is 554 g/mol. The van der Waals surface area contributed by atoms with Gasteiger partial charge < -0.3 is 35.1 Å². The van der Waals surface area contributed by atoms with Crippen molar-refractivity contribution in [3.05, 3.63) is 23.8 Å². The Hall–Kier alpha value is -3.05. The number of rotatable bonds is 18. The summed E-state index contributed by atoms with van der Waals surface area (Å²) in [7, 11) is 3.27. The summed E-state index contributed by atoms with van der Waals surface area (Å²) in [6, 6.07) is 5.49. The maximum atomic E-state index is 13.3. The molecule has 11 heteroatoms. The zero-order valence-corrected chi connectivity index (χ0v) is 27.2. The van der Waals surface area contributed by atoms with Crippen LogP contribution in [0.1, 0.15) is 66.4 Å². The second kappa shape index (κ2) is 16.7. The maximum Gasteiger partial charge on any atom is 0.409 e. The van der Waals surface area contributed by atoms with Crippen LogP contribution in [0.4, 0.5) is 4.79 Å². The molecule has 0 aromatic heterocycles. The zero-order valence-electron chi connectivity index (χ0n) is 27.2. The molecule has 43 heavy (non-hydrogen) atoms. The number of methoxy groups -OCH3 is 2. The summed E-state index contributed by atoms with van der Waals surface area (Å²) >= 11 is 0. The van der Waals surface area contributed by atoms with Crippen LogP contribution in [0, 0.1) is 29.1 Å². The van der Waals surface area contributed by atoms with Gasteiger partial charge in [0.15, 0.2) is 11.5 Å². The third kappa shape index (κ3) is 10.6. The van der Waals surface area contributed by atoms with Crippen LogP contribution in [0.3, 0.4) is 0 Å². The van der Waals surface area contributed by atoms with Crippen molar-refractivity contribution in [2.75, 3.05) is 40.7 Å². The first-order valence-electron chi connectivity index (χ1n) is 15.2. The molecule has 1 aromatic rings. The second-order valence-electron chi connectivity index (χ2n) is 12.8. The number of carbonyl (C=O) groups is 3. The predicted octanol–water partition coefficient (Wildman–Crippen LogP) is 4.31. The van der Waals surface area contributed by atoms with Crippen LogP contribution in [-0.4, -0.2) is 80.8 Å². The predicted molar refractivity (Wildman–Crippen MR) is 164 cm³/mol. The summed E-state index contributed by atoms with van der Waals surface area (Å²) in [5.41, 5.74) is 5.66. The minimum atomic E-state index is -1.04. The lowest BCUT2D eigenvalue weighted by Crippen LogP contribution is -2.46. The van der Waals surface area contributed by atoms with E-state index in [0.29, 0.717) is 44.0 Å². The van der Waals surface area contributed by atoms with Gasteiger partial charge in [0.05, 0.1) is 31.3 Å². The molecule has 1 aliphatic rings. The van der Waals surface area contributed by atoms with Crippen molar-refractivity contribution in [3.8, 4) is 11.5 Å². The van der Waals surface area contributed by atoms with Gasteiger partial charge in [-0.25, -0.2) is 4.79 Å². The average Bonchev–Trinajstić information content (AvgIpc) is 3.34. The van der Waals surface area contributed by atoms with Crippen molar-refractivity contribution in [1.29, 1.82) is 0 Å². The zero-order chi connectivity index (χ0) is 32.3. The molecule has 4 atom stereocenters. The molecule has 11 nitrogen and oxygen atoms in total. The van der Waals surface area contributed by atoms with Crippen molar-refractivity contribution >= 4 is 17.9 Å².